The standard InChI is InChI=1S/C21H29N3O2/c1-16-17(15-24(22-16)18-7-5-4-6-8-18)14-23-12-11-21(26-3)10-9-19(25-2)13-20(21)23/h4-8,15,19-20H,9-14H2,1-3H3/t19-,20+,21-/m1/s1. The summed E-state index contributed by atoms with van der Waals surface area (Å²) < 4.78 is 13.7. The van der Waals surface area contributed by atoms with E-state index in [1.807, 2.05) is 37.1 Å². The van der Waals surface area contributed by atoms with E-state index in [0.29, 0.717) is 12.1 Å². The first kappa shape index (κ1) is 17.7. The highest BCUT2D eigenvalue weighted by atomic mass is 16.5. The van der Waals surface area contributed by atoms with Gasteiger partial charge in [0.1, 0.15) is 0 Å². The monoisotopic (exact) mass is 355 g/mol. The Morgan fingerprint density at radius 1 is 1.19 bits per heavy atom. The fourth-order valence-electron chi connectivity index (χ4n) is 4.74. The zero-order valence-electron chi connectivity index (χ0n) is 16.0. The van der Waals surface area contributed by atoms with Gasteiger partial charge in [-0.1, -0.05) is 18.2 Å². The molecule has 2 heterocycles. The van der Waals surface area contributed by atoms with Gasteiger partial charge in [-0.25, -0.2) is 4.68 Å². The van der Waals surface area contributed by atoms with E-state index < -0.39 is 0 Å². The molecule has 2 fully saturated rings. The number of rotatable bonds is 5. The van der Waals surface area contributed by atoms with Crippen molar-refractivity contribution in [3.05, 3.63) is 47.8 Å². The van der Waals surface area contributed by atoms with E-state index in [-0.39, 0.29) is 5.60 Å². The predicted molar refractivity (Wildman–Crippen MR) is 102 cm³/mol. The highest BCUT2D eigenvalue weighted by Crippen LogP contribution is 2.43. The first-order chi connectivity index (χ1) is 12.6. The molecule has 1 saturated carbocycles. The summed E-state index contributed by atoms with van der Waals surface area (Å²) in [4.78, 5) is 2.58. The quantitative estimate of drug-likeness (QED) is 0.825. The Balaban J connectivity index is 1.55. The van der Waals surface area contributed by atoms with Crippen molar-refractivity contribution in [2.75, 3.05) is 20.8 Å². The van der Waals surface area contributed by atoms with Gasteiger partial charge in [0.2, 0.25) is 0 Å². The molecule has 0 radical (unpaired) electrons. The van der Waals surface area contributed by atoms with Crippen LogP contribution >= 0.6 is 0 Å². The molecular weight excluding hydrogens is 326 g/mol. The SMILES string of the molecule is CO[C@@H]1CC[C@@]2(OC)CCN(Cc3cn(-c4ccccc4)nc3C)[C@H]2C1. The average molecular weight is 355 g/mol. The Bertz CT molecular complexity index is 745. The predicted octanol–water partition coefficient (Wildman–Crippen LogP) is 3.34. The van der Waals surface area contributed by atoms with Crippen molar-refractivity contribution in [3.8, 4) is 5.69 Å². The van der Waals surface area contributed by atoms with Crippen molar-refractivity contribution in [3.63, 3.8) is 0 Å². The van der Waals surface area contributed by atoms with Crippen LogP contribution in [0.25, 0.3) is 5.69 Å². The molecule has 5 nitrogen and oxygen atoms in total. The molecule has 0 N–H and O–H groups in total. The minimum Gasteiger partial charge on any atom is -0.381 e. The Morgan fingerprint density at radius 3 is 2.73 bits per heavy atom. The summed E-state index contributed by atoms with van der Waals surface area (Å²) in [5.74, 6) is 0. The van der Waals surface area contributed by atoms with Gasteiger partial charge in [0.05, 0.1) is 23.1 Å². The third kappa shape index (κ3) is 3.08. The van der Waals surface area contributed by atoms with Crippen molar-refractivity contribution in [2.45, 2.75) is 56.9 Å². The number of likely N-dealkylation sites (tertiary alicyclic amines) is 1. The van der Waals surface area contributed by atoms with Gasteiger partial charge >= 0.3 is 0 Å². The summed E-state index contributed by atoms with van der Waals surface area (Å²) in [6, 6.07) is 10.7. The maximum Gasteiger partial charge on any atom is 0.0847 e. The molecule has 1 aliphatic carbocycles. The van der Waals surface area contributed by atoms with Crippen molar-refractivity contribution < 1.29 is 9.47 Å². The summed E-state index contributed by atoms with van der Waals surface area (Å²) in [6.07, 6.45) is 6.86. The lowest BCUT2D eigenvalue weighted by molar-refractivity contribution is -0.0947. The number of aryl methyl sites for hydroxylation is 1. The number of ether oxygens (including phenoxy) is 2. The van der Waals surface area contributed by atoms with Crippen LogP contribution in [0.4, 0.5) is 0 Å². The highest BCUT2D eigenvalue weighted by molar-refractivity contribution is 5.32. The maximum atomic E-state index is 6.05. The zero-order valence-corrected chi connectivity index (χ0v) is 16.0. The zero-order chi connectivity index (χ0) is 18.1. The minimum atomic E-state index is -0.00163. The molecule has 0 bridgehead atoms. The number of hydrogen-bond donors (Lipinski definition) is 0. The lowest BCUT2D eigenvalue weighted by Gasteiger charge is -2.43. The van der Waals surface area contributed by atoms with Gasteiger partial charge in [-0.2, -0.15) is 5.10 Å². The van der Waals surface area contributed by atoms with Crippen LogP contribution in [0.2, 0.25) is 0 Å². The lowest BCUT2D eigenvalue weighted by Crippen LogP contribution is -2.51. The molecule has 140 valence electrons. The number of methoxy groups -OCH3 is 2. The second kappa shape index (κ2) is 7.14. The van der Waals surface area contributed by atoms with Gasteiger partial charge in [0, 0.05) is 45.1 Å². The normalized spacial score (nSPS) is 29.0. The van der Waals surface area contributed by atoms with Crippen LogP contribution in [-0.4, -0.2) is 53.2 Å². The van der Waals surface area contributed by atoms with Crippen LogP contribution in [-0.2, 0) is 16.0 Å². The first-order valence-electron chi connectivity index (χ1n) is 9.58. The minimum absolute atomic E-state index is 0.00163. The van der Waals surface area contributed by atoms with Crippen LogP contribution in [0.15, 0.2) is 36.5 Å². The molecule has 26 heavy (non-hydrogen) atoms. The molecule has 1 aromatic heterocycles. The average Bonchev–Trinajstić information content (AvgIpc) is 3.24. The Kier molecular flexibility index (Phi) is 4.86. The van der Waals surface area contributed by atoms with E-state index >= 15 is 0 Å². The van der Waals surface area contributed by atoms with E-state index in [9.17, 15) is 0 Å². The Morgan fingerprint density at radius 2 is 2.00 bits per heavy atom. The van der Waals surface area contributed by atoms with Gasteiger partial charge < -0.3 is 9.47 Å². The second-order valence-electron chi connectivity index (χ2n) is 7.66. The fraction of sp³-hybridized carbons (Fsp3) is 0.571. The molecule has 2 aliphatic rings. The third-order valence-electron chi connectivity index (χ3n) is 6.38. The fourth-order valence-corrected chi connectivity index (χ4v) is 4.74. The van der Waals surface area contributed by atoms with E-state index in [1.54, 1.807) is 0 Å². The molecule has 5 heteroatoms. The van der Waals surface area contributed by atoms with E-state index in [1.165, 1.54) is 5.56 Å². The van der Waals surface area contributed by atoms with Crippen LogP contribution in [0.3, 0.4) is 0 Å². The smallest absolute Gasteiger partial charge is 0.0847 e. The van der Waals surface area contributed by atoms with Crippen molar-refractivity contribution in [2.24, 2.45) is 0 Å². The molecule has 2 aromatic rings. The third-order valence-corrected chi connectivity index (χ3v) is 6.38. The van der Waals surface area contributed by atoms with Crippen molar-refractivity contribution >= 4 is 0 Å². The van der Waals surface area contributed by atoms with Gasteiger partial charge in [-0.05, 0) is 44.7 Å². The van der Waals surface area contributed by atoms with Gasteiger partial charge in [0.25, 0.3) is 0 Å². The summed E-state index contributed by atoms with van der Waals surface area (Å²) in [5, 5.41) is 4.73. The van der Waals surface area contributed by atoms with E-state index in [4.69, 9.17) is 14.6 Å². The van der Waals surface area contributed by atoms with E-state index in [0.717, 1.165) is 50.2 Å². The van der Waals surface area contributed by atoms with Gasteiger partial charge in [-0.15, -0.1) is 0 Å². The first-order valence-corrected chi connectivity index (χ1v) is 9.58. The molecule has 4 rings (SSSR count). The van der Waals surface area contributed by atoms with Gasteiger partial charge in [0.15, 0.2) is 0 Å². The molecule has 0 unspecified atom stereocenters. The van der Waals surface area contributed by atoms with Crippen LogP contribution < -0.4 is 0 Å². The number of aromatic nitrogens is 2. The summed E-state index contributed by atoms with van der Waals surface area (Å²) in [7, 11) is 3.71. The van der Waals surface area contributed by atoms with Crippen LogP contribution in [0.5, 0.6) is 0 Å². The second-order valence-corrected chi connectivity index (χ2v) is 7.66. The number of nitrogens with zero attached hydrogens (tertiary/aromatic N) is 3. The Hall–Kier alpha value is -1.69. The lowest BCUT2D eigenvalue weighted by atomic mass is 9.79. The number of hydrogen-bond acceptors (Lipinski definition) is 4. The Labute approximate surface area is 155 Å². The van der Waals surface area contributed by atoms with E-state index in [2.05, 4.69) is 30.2 Å². The summed E-state index contributed by atoms with van der Waals surface area (Å²) in [6.45, 7) is 4.10. The van der Waals surface area contributed by atoms with Gasteiger partial charge in [-0.3, -0.25) is 4.90 Å². The van der Waals surface area contributed by atoms with Crippen molar-refractivity contribution in [1.82, 2.24) is 14.7 Å². The molecule has 1 aromatic carbocycles. The molecule has 1 aliphatic heterocycles. The number of fused-ring (bicyclic) bond motifs is 1. The molecule has 0 spiro atoms. The largest absolute Gasteiger partial charge is 0.381 e. The molecule has 3 atom stereocenters. The number of para-hydroxylation sites is 1. The van der Waals surface area contributed by atoms with Crippen LogP contribution in [0, 0.1) is 6.92 Å². The number of benzene rings is 1. The molecular formula is C21H29N3O2. The summed E-state index contributed by atoms with van der Waals surface area (Å²) in [5.41, 5.74) is 3.49. The highest BCUT2D eigenvalue weighted by Gasteiger charge is 2.51. The van der Waals surface area contributed by atoms with Crippen LogP contribution in [0.1, 0.15) is 36.9 Å². The maximum absolute atomic E-state index is 6.05. The summed E-state index contributed by atoms with van der Waals surface area (Å²) >= 11 is 0. The van der Waals surface area contributed by atoms with Crippen molar-refractivity contribution in [1.29, 1.82) is 0 Å². The topological polar surface area (TPSA) is 39.5 Å². The molecule has 0 amide bonds. The molecule has 1 saturated heterocycles.